The number of rotatable bonds is 6. The summed E-state index contributed by atoms with van der Waals surface area (Å²) >= 11 is 0. The molecule has 0 heterocycles. The summed E-state index contributed by atoms with van der Waals surface area (Å²) in [7, 11) is 0. The van der Waals surface area contributed by atoms with Crippen molar-refractivity contribution < 1.29 is 9.53 Å². The summed E-state index contributed by atoms with van der Waals surface area (Å²) in [6.45, 7) is 1.07. The number of ether oxygens (including phenoxy) is 1. The van der Waals surface area contributed by atoms with E-state index in [0.29, 0.717) is 5.92 Å². The summed E-state index contributed by atoms with van der Waals surface area (Å²) in [4.78, 5) is 12.1. The average Bonchev–Trinajstić information content (AvgIpc) is 3.23. The molecule has 24 heavy (non-hydrogen) atoms. The second-order valence-electron chi connectivity index (χ2n) is 8.20. The predicted octanol–water partition coefficient (Wildman–Crippen LogP) is 4.61. The fourth-order valence-electron chi connectivity index (χ4n) is 4.92. The molecule has 0 aromatic carbocycles. The summed E-state index contributed by atoms with van der Waals surface area (Å²) < 4.78 is 5.80. The van der Waals surface area contributed by atoms with Crippen LogP contribution in [0.3, 0.4) is 0 Å². The Labute approximate surface area is 147 Å². The minimum Gasteiger partial charge on any atom is -0.364 e. The lowest BCUT2D eigenvalue weighted by atomic mass is 9.89. The molecule has 2 fully saturated rings. The lowest BCUT2D eigenvalue weighted by Crippen LogP contribution is -2.33. The molecule has 3 heteroatoms. The average molecular weight is 334 g/mol. The fraction of sp³-hybridized carbons (Fsp3) is 0.857. The third kappa shape index (κ3) is 5.61. The lowest BCUT2D eigenvalue weighted by molar-refractivity contribution is -0.127. The van der Waals surface area contributed by atoms with Crippen LogP contribution in [0.15, 0.2) is 12.2 Å². The van der Waals surface area contributed by atoms with E-state index in [1.54, 1.807) is 0 Å². The largest absolute Gasteiger partial charge is 0.364 e. The molecule has 136 valence electrons. The van der Waals surface area contributed by atoms with E-state index in [-0.39, 0.29) is 18.6 Å². The van der Waals surface area contributed by atoms with Crippen LogP contribution < -0.4 is 5.32 Å². The van der Waals surface area contributed by atoms with Crippen LogP contribution in [-0.4, -0.2) is 25.2 Å². The first kappa shape index (κ1) is 18.0. The Morgan fingerprint density at radius 2 is 1.79 bits per heavy atom. The van der Waals surface area contributed by atoms with Crippen molar-refractivity contribution in [3.63, 3.8) is 0 Å². The third-order valence-corrected chi connectivity index (χ3v) is 6.37. The number of allylic oxidation sites excluding steroid dienone is 1. The summed E-state index contributed by atoms with van der Waals surface area (Å²) in [5.41, 5.74) is 0. The Kier molecular flexibility index (Phi) is 7.19. The highest BCUT2D eigenvalue weighted by Crippen LogP contribution is 2.42. The van der Waals surface area contributed by atoms with E-state index in [0.717, 1.165) is 31.2 Å². The second kappa shape index (κ2) is 9.60. The quantitative estimate of drug-likeness (QED) is 0.721. The van der Waals surface area contributed by atoms with E-state index in [1.807, 2.05) is 0 Å². The second-order valence-corrected chi connectivity index (χ2v) is 8.20. The molecule has 0 aromatic heterocycles. The summed E-state index contributed by atoms with van der Waals surface area (Å²) in [6.07, 6.45) is 20.3. The highest BCUT2D eigenvalue weighted by Gasteiger charge is 2.32. The Morgan fingerprint density at radius 3 is 2.67 bits per heavy atom. The zero-order chi connectivity index (χ0) is 16.6. The van der Waals surface area contributed by atoms with Gasteiger partial charge in [0.05, 0.1) is 6.10 Å². The Hall–Kier alpha value is -0.830. The number of amides is 1. The van der Waals surface area contributed by atoms with Crippen LogP contribution in [-0.2, 0) is 9.53 Å². The van der Waals surface area contributed by atoms with E-state index in [1.165, 1.54) is 64.2 Å². The van der Waals surface area contributed by atoms with Crippen molar-refractivity contribution in [3.05, 3.63) is 12.2 Å². The van der Waals surface area contributed by atoms with Crippen LogP contribution in [0, 0.1) is 17.8 Å². The van der Waals surface area contributed by atoms with Gasteiger partial charge in [0.25, 0.3) is 0 Å². The zero-order valence-corrected chi connectivity index (χ0v) is 15.2. The normalized spacial score (nSPS) is 31.8. The summed E-state index contributed by atoms with van der Waals surface area (Å²) in [6, 6.07) is 0. The van der Waals surface area contributed by atoms with Crippen LogP contribution in [0.4, 0.5) is 0 Å². The van der Waals surface area contributed by atoms with Crippen LogP contribution >= 0.6 is 0 Å². The van der Waals surface area contributed by atoms with Crippen LogP contribution in [0.2, 0.25) is 0 Å². The first-order valence-electron chi connectivity index (χ1n) is 10.4. The van der Waals surface area contributed by atoms with Gasteiger partial charge in [0.1, 0.15) is 6.61 Å². The molecule has 3 aliphatic carbocycles. The van der Waals surface area contributed by atoms with Crippen molar-refractivity contribution in [3.8, 4) is 0 Å². The molecule has 3 unspecified atom stereocenters. The first-order valence-corrected chi connectivity index (χ1v) is 10.4. The molecule has 1 N–H and O–H groups in total. The van der Waals surface area contributed by atoms with Gasteiger partial charge in [-0.1, -0.05) is 50.7 Å². The number of carbonyl (C=O) groups is 1. The van der Waals surface area contributed by atoms with E-state index in [9.17, 15) is 4.79 Å². The lowest BCUT2D eigenvalue weighted by Gasteiger charge is -2.18. The van der Waals surface area contributed by atoms with Crippen LogP contribution in [0.5, 0.6) is 0 Å². The minimum absolute atomic E-state index is 0.0646. The molecule has 3 aliphatic rings. The summed E-state index contributed by atoms with van der Waals surface area (Å²) in [5.74, 6) is 2.68. The number of nitrogens with one attached hydrogen (secondary N) is 1. The number of hydrogen-bond donors (Lipinski definition) is 1. The maximum absolute atomic E-state index is 12.1. The molecule has 3 rings (SSSR count). The van der Waals surface area contributed by atoms with Gasteiger partial charge >= 0.3 is 0 Å². The maximum Gasteiger partial charge on any atom is 0.246 e. The van der Waals surface area contributed by atoms with Gasteiger partial charge in [-0.25, -0.2) is 0 Å². The molecule has 0 spiro atoms. The maximum atomic E-state index is 12.1. The Balaban J connectivity index is 1.30. The molecule has 0 aromatic rings. The Bertz CT molecular complexity index is 414. The van der Waals surface area contributed by atoms with Gasteiger partial charge in [-0.15, -0.1) is 0 Å². The van der Waals surface area contributed by atoms with Crippen LogP contribution in [0.1, 0.15) is 77.0 Å². The van der Waals surface area contributed by atoms with Crippen molar-refractivity contribution in [2.75, 3.05) is 13.2 Å². The third-order valence-electron chi connectivity index (χ3n) is 6.37. The molecule has 2 saturated carbocycles. The van der Waals surface area contributed by atoms with Gasteiger partial charge in [-0.2, -0.15) is 0 Å². The van der Waals surface area contributed by atoms with Gasteiger partial charge < -0.3 is 10.1 Å². The van der Waals surface area contributed by atoms with E-state index in [4.69, 9.17) is 4.74 Å². The number of carbonyl (C=O) groups excluding carboxylic acids is 1. The van der Waals surface area contributed by atoms with Gasteiger partial charge in [0, 0.05) is 6.54 Å². The molecule has 0 bridgehead atoms. The van der Waals surface area contributed by atoms with Gasteiger partial charge in [0.15, 0.2) is 0 Å². The van der Waals surface area contributed by atoms with Gasteiger partial charge in [-0.3, -0.25) is 4.79 Å². The molecule has 3 atom stereocenters. The molecular weight excluding hydrogens is 298 g/mol. The zero-order valence-electron chi connectivity index (χ0n) is 15.2. The molecule has 0 saturated heterocycles. The fourth-order valence-corrected chi connectivity index (χ4v) is 4.92. The smallest absolute Gasteiger partial charge is 0.246 e. The standard InChI is InChI=1S/C21H35NO2/c23-21(16-24-20-10-4-2-1-3-5-11-20)22-15-17-12-13-19(14-17)18-8-6-7-9-18/h4,10,17-20H,1-3,5-9,11-16H2,(H,22,23). The van der Waals surface area contributed by atoms with Gasteiger partial charge in [-0.05, 0) is 56.3 Å². The molecule has 0 aliphatic heterocycles. The minimum atomic E-state index is 0.0646. The molecular formula is C21H35NO2. The van der Waals surface area contributed by atoms with Crippen LogP contribution in [0.25, 0.3) is 0 Å². The summed E-state index contributed by atoms with van der Waals surface area (Å²) in [5, 5.41) is 3.12. The molecule has 1 amide bonds. The first-order chi connectivity index (χ1) is 11.8. The molecule has 0 radical (unpaired) electrons. The topological polar surface area (TPSA) is 38.3 Å². The van der Waals surface area contributed by atoms with E-state index in [2.05, 4.69) is 17.5 Å². The predicted molar refractivity (Wildman–Crippen MR) is 97.8 cm³/mol. The van der Waals surface area contributed by atoms with Crippen molar-refractivity contribution in [1.82, 2.24) is 5.32 Å². The molecule has 3 nitrogen and oxygen atoms in total. The highest BCUT2D eigenvalue weighted by atomic mass is 16.5. The highest BCUT2D eigenvalue weighted by molar-refractivity contribution is 5.77. The van der Waals surface area contributed by atoms with E-state index < -0.39 is 0 Å². The Morgan fingerprint density at radius 1 is 0.958 bits per heavy atom. The van der Waals surface area contributed by atoms with E-state index >= 15 is 0 Å². The SMILES string of the molecule is O=C(COC1C=CCCCCC1)NCC1CCC(C2CCCC2)C1. The van der Waals surface area contributed by atoms with Gasteiger partial charge in [0.2, 0.25) is 5.91 Å². The van der Waals surface area contributed by atoms with Crippen molar-refractivity contribution in [2.45, 2.75) is 83.2 Å². The van der Waals surface area contributed by atoms with Crippen molar-refractivity contribution >= 4 is 5.91 Å². The number of hydrogen-bond acceptors (Lipinski definition) is 2. The monoisotopic (exact) mass is 333 g/mol. The van der Waals surface area contributed by atoms with Crippen molar-refractivity contribution in [1.29, 1.82) is 0 Å². The van der Waals surface area contributed by atoms with Crippen molar-refractivity contribution in [2.24, 2.45) is 17.8 Å².